The first-order valence-electron chi connectivity index (χ1n) is 6.98. The summed E-state index contributed by atoms with van der Waals surface area (Å²) in [4.78, 5) is 4.07. The van der Waals surface area contributed by atoms with E-state index < -0.39 is 17.7 Å². The Bertz CT molecular complexity index is 623. The highest BCUT2D eigenvalue weighted by molar-refractivity contribution is 5.24. The molecule has 0 aliphatic carbocycles. The van der Waals surface area contributed by atoms with Crippen LogP contribution >= 0.6 is 0 Å². The number of nitrogens with zero attached hydrogens (tertiary/aromatic N) is 1. The second-order valence-electron chi connectivity index (χ2n) is 4.84. The number of hydrogen-bond donors (Lipinski definition) is 1. The van der Waals surface area contributed by atoms with Crippen molar-refractivity contribution in [1.29, 1.82) is 0 Å². The van der Waals surface area contributed by atoms with Crippen LogP contribution in [0.3, 0.4) is 0 Å². The van der Waals surface area contributed by atoms with Gasteiger partial charge in [-0.15, -0.1) is 0 Å². The Morgan fingerprint density at radius 1 is 1.05 bits per heavy atom. The van der Waals surface area contributed by atoms with Gasteiger partial charge in [0.05, 0.1) is 12.2 Å². The zero-order valence-electron chi connectivity index (χ0n) is 12.3. The Kier molecular flexibility index (Phi) is 5.66. The summed E-state index contributed by atoms with van der Waals surface area (Å²) < 4.78 is 36.7. The van der Waals surface area contributed by atoms with Gasteiger partial charge in [-0.2, -0.15) is 0 Å². The third kappa shape index (κ3) is 4.66. The molecule has 22 heavy (non-hydrogen) atoms. The largest absolute Gasteiger partial charge is 0.492 e. The molecule has 2 rings (SSSR count). The molecule has 2 N–H and O–H groups in total. The average Bonchev–Trinajstić information content (AvgIpc) is 2.54. The molecule has 2 aromatic rings. The van der Waals surface area contributed by atoms with E-state index >= 15 is 0 Å². The van der Waals surface area contributed by atoms with Gasteiger partial charge in [0, 0.05) is 12.3 Å². The minimum Gasteiger partial charge on any atom is -0.492 e. The molecule has 0 unspecified atom stereocenters. The third-order valence-corrected chi connectivity index (χ3v) is 3.00. The normalized spacial score (nSPS) is 12.0. The lowest BCUT2D eigenvalue weighted by Crippen LogP contribution is -2.34. The van der Waals surface area contributed by atoms with Crippen molar-refractivity contribution in [3.05, 3.63) is 53.9 Å². The third-order valence-electron chi connectivity index (χ3n) is 3.00. The van der Waals surface area contributed by atoms with Crippen molar-refractivity contribution in [2.45, 2.75) is 19.4 Å². The van der Waals surface area contributed by atoms with Crippen LogP contribution in [0, 0.1) is 11.6 Å². The summed E-state index contributed by atoms with van der Waals surface area (Å²) in [6.07, 6.45) is 4.26. The number of rotatable bonds is 7. The van der Waals surface area contributed by atoms with E-state index in [0.717, 1.165) is 24.1 Å². The fourth-order valence-corrected chi connectivity index (χ4v) is 1.76. The molecule has 0 amide bonds. The molecule has 0 saturated heterocycles. The van der Waals surface area contributed by atoms with Gasteiger partial charge in [-0.1, -0.05) is 6.92 Å². The van der Waals surface area contributed by atoms with Crippen LogP contribution in [0.2, 0.25) is 0 Å². The summed E-state index contributed by atoms with van der Waals surface area (Å²) in [7, 11) is 0. The van der Waals surface area contributed by atoms with E-state index in [9.17, 15) is 8.78 Å². The number of hydrogen-bond acceptors (Lipinski definition) is 4. The Morgan fingerprint density at radius 2 is 1.77 bits per heavy atom. The van der Waals surface area contributed by atoms with Gasteiger partial charge in [-0.25, -0.2) is 8.78 Å². The van der Waals surface area contributed by atoms with Gasteiger partial charge >= 0.3 is 0 Å². The van der Waals surface area contributed by atoms with Gasteiger partial charge in [0.2, 0.25) is 0 Å². The lowest BCUT2D eigenvalue weighted by Gasteiger charge is -2.14. The SMILES string of the molecule is CCc1cncc(OC[C@@H](N)COc2ccc(F)c(F)c2)c1. The molecule has 0 aliphatic rings. The van der Waals surface area contributed by atoms with Gasteiger partial charge in [0.25, 0.3) is 0 Å². The molecule has 0 fully saturated rings. The summed E-state index contributed by atoms with van der Waals surface area (Å²) in [5.74, 6) is -1.00. The van der Waals surface area contributed by atoms with Crippen LogP contribution in [0.1, 0.15) is 12.5 Å². The predicted molar refractivity (Wildman–Crippen MR) is 78.9 cm³/mol. The second kappa shape index (κ2) is 7.70. The first kappa shape index (κ1) is 16.2. The Hall–Kier alpha value is -2.21. The zero-order valence-corrected chi connectivity index (χ0v) is 12.3. The highest BCUT2D eigenvalue weighted by Gasteiger charge is 2.08. The van der Waals surface area contributed by atoms with Crippen LogP contribution in [0.4, 0.5) is 8.78 Å². The molecule has 0 saturated carbocycles. The molecule has 1 aromatic heterocycles. The van der Waals surface area contributed by atoms with Crippen molar-refractivity contribution in [1.82, 2.24) is 4.98 Å². The molecule has 6 heteroatoms. The van der Waals surface area contributed by atoms with Crippen LogP contribution in [0.5, 0.6) is 11.5 Å². The fourth-order valence-electron chi connectivity index (χ4n) is 1.76. The summed E-state index contributed by atoms with van der Waals surface area (Å²) in [5.41, 5.74) is 6.94. The predicted octanol–water partition coefficient (Wildman–Crippen LogP) is 2.71. The minimum absolute atomic E-state index is 0.131. The van der Waals surface area contributed by atoms with E-state index in [1.54, 1.807) is 12.4 Å². The van der Waals surface area contributed by atoms with E-state index in [1.165, 1.54) is 6.07 Å². The van der Waals surface area contributed by atoms with E-state index in [-0.39, 0.29) is 19.0 Å². The van der Waals surface area contributed by atoms with Gasteiger partial charge in [0.15, 0.2) is 11.6 Å². The van der Waals surface area contributed by atoms with Crippen molar-refractivity contribution >= 4 is 0 Å². The summed E-state index contributed by atoms with van der Waals surface area (Å²) in [5, 5.41) is 0. The van der Waals surface area contributed by atoms with Crippen LogP contribution in [-0.4, -0.2) is 24.2 Å². The van der Waals surface area contributed by atoms with E-state index in [0.29, 0.717) is 5.75 Å². The molecule has 1 aromatic carbocycles. The zero-order chi connectivity index (χ0) is 15.9. The van der Waals surface area contributed by atoms with Crippen molar-refractivity contribution in [3.63, 3.8) is 0 Å². The van der Waals surface area contributed by atoms with E-state index in [1.807, 2.05) is 13.0 Å². The fraction of sp³-hybridized carbons (Fsp3) is 0.312. The molecule has 1 heterocycles. The quantitative estimate of drug-likeness (QED) is 0.854. The smallest absolute Gasteiger partial charge is 0.162 e. The van der Waals surface area contributed by atoms with Crippen LogP contribution in [-0.2, 0) is 6.42 Å². The van der Waals surface area contributed by atoms with E-state index in [4.69, 9.17) is 15.2 Å². The Morgan fingerprint density at radius 3 is 2.45 bits per heavy atom. The minimum atomic E-state index is -0.954. The second-order valence-corrected chi connectivity index (χ2v) is 4.84. The van der Waals surface area contributed by atoms with Crippen LogP contribution in [0.25, 0.3) is 0 Å². The molecule has 1 atom stereocenters. The maximum atomic E-state index is 13.0. The number of aryl methyl sites for hydroxylation is 1. The molecular weight excluding hydrogens is 290 g/mol. The summed E-state index contributed by atoms with van der Waals surface area (Å²) in [6.45, 7) is 2.40. The molecule has 0 bridgehead atoms. The number of nitrogens with two attached hydrogens (primary N) is 1. The van der Waals surface area contributed by atoms with Gasteiger partial charge in [0.1, 0.15) is 24.7 Å². The summed E-state index contributed by atoms with van der Waals surface area (Å²) in [6, 6.07) is 4.83. The number of ether oxygens (including phenoxy) is 2. The number of pyridine rings is 1. The van der Waals surface area contributed by atoms with E-state index in [2.05, 4.69) is 4.98 Å². The number of aromatic nitrogens is 1. The van der Waals surface area contributed by atoms with Gasteiger partial charge in [-0.05, 0) is 30.2 Å². The Labute approximate surface area is 127 Å². The van der Waals surface area contributed by atoms with Crippen molar-refractivity contribution in [2.75, 3.05) is 13.2 Å². The van der Waals surface area contributed by atoms with Crippen molar-refractivity contribution < 1.29 is 18.3 Å². The molecule has 118 valence electrons. The van der Waals surface area contributed by atoms with Crippen LogP contribution in [0.15, 0.2) is 36.7 Å². The highest BCUT2D eigenvalue weighted by Crippen LogP contribution is 2.16. The molecular formula is C16H18F2N2O2. The molecule has 0 aliphatic heterocycles. The first-order chi connectivity index (χ1) is 10.6. The monoisotopic (exact) mass is 308 g/mol. The Balaban J connectivity index is 1.80. The standard InChI is InChI=1S/C16H18F2N2O2/c1-2-11-5-14(8-20-7-11)22-10-12(19)9-21-13-3-4-15(17)16(18)6-13/h3-8,12H,2,9-10,19H2,1H3/t12-/m0/s1. The van der Waals surface area contributed by atoms with Gasteiger partial charge in [-0.3, -0.25) is 4.98 Å². The average molecular weight is 308 g/mol. The van der Waals surface area contributed by atoms with Crippen molar-refractivity contribution in [2.24, 2.45) is 5.73 Å². The molecule has 0 radical (unpaired) electrons. The number of benzene rings is 1. The maximum absolute atomic E-state index is 13.0. The van der Waals surface area contributed by atoms with Gasteiger partial charge < -0.3 is 15.2 Å². The van der Waals surface area contributed by atoms with Crippen molar-refractivity contribution in [3.8, 4) is 11.5 Å². The topological polar surface area (TPSA) is 57.4 Å². The maximum Gasteiger partial charge on any atom is 0.162 e. The number of halogens is 2. The highest BCUT2D eigenvalue weighted by atomic mass is 19.2. The van der Waals surface area contributed by atoms with Crippen LogP contribution < -0.4 is 15.2 Å². The molecule has 4 nitrogen and oxygen atoms in total. The lowest BCUT2D eigenvalue weighted by molar-refractivity contribution is 0.219. The summed E-state index contributed by atoms with van der Waals surface area (Å²) >= 11 is 0. The lowest BCUT2D eigenvalue weighted by atomic mass is 10.2. The first-order valence-corrected chi connectivity index (χ1v) is 6.98. The molecule has 0 spiro atoms.